The van der Waals surface area contributed by atoms with Crippen LogP contribution in [0.1, 0.15) is 30.7 Å². The summed E-state index contributed by atoms with van der Waals surface area (Å²) < 4.78 is 18.8. The maximum absolute atomic E-state index is 13.0. The zero-order chi connectivity index (χ0) is 18.5. The van der Waals surface area contributed by atoms with Gasteiger partial charge in [-0.1, -0.05) is 6.92 Å². The van der Waals surface area contributed by atoms with Crippen molar-refractivity contribution in [2.45, 2.75) is 33.2 Å². The van der Waals surface area contributed by atoms with Gasteiger partial charge in [0.05, 0.1) is 5.69 Å². The molecule has 0 bridgehead atoms. The van der Waals surface area contributed by atoms with E-state index < -0.39 is 0 Å². The molecule has 1 aliphatic heterocycles. The molecule has 1 saturated heterocycles. The van der Waals surface area contributed by atoms with Crippen LogP contribution >= 0.6 is 0 Å². The number of nitrogens with zero attached hydrogens (tertiary/aromatic N) is 4. The van der Waals surface area contributed by atoms with Crippen LogP contribution in [0.15, 0.2) is 33.7 Å². The molecule has 1 aromatic carbocycles. The Labute approximate surface area is 153 Å². The van der Waals surface area contributed by atoms with Gasteiger partial charge in [0.25, 0.3) is 0 Å². The fourth-order valence-electron chi connectivity index (χ4n) is 3.05. The molecule has 0 radical (unpaired) electrons. The van der Waals surface area contributed by atoms with Crippen LogP contribution in [0.3, 0.4) is 0 Å². The van der Waals surface area contributed by atoms with Crippen LogP contribution in [0.5, 0.6) is 0 Å². The SMILES string of the molecule is CCCc1nc(C)c(CN=C(N)N2CCN(c3ccc(F)cc3)CC2)o1. The van der Waals surface area contributed by atoms with Crippen LogP contribution in [0.25, 0.3) is 0 Å². The smallest absolute Gasteiger partial charge is 0.194 e. The minimum atomic E-state index is -0.214. The van der Waals surface area contributed by atoms with Gasteiger partial charge in [-0.15, -0.1) is 0 Å². The summed E-state index contributed by atoms with van der Waals surface area (Å²) in [6, 6.07) is 6.60. The van der Waals surface area contributed by atoms with Crippen LogP contribution in [0.4, 0.5) is 10.1 Å². The van der Waals surface area contributed by atoms with E-state index in [2.05, 4.69) is 26.7 Å². The van der Waals surface area contributed by atoms with Gasteiger partial charge in [0.15, 0.2) is 11.9 Å². The van der Waals surface area contributed by atoms with Crippen LogP contribution in [-0.2, 0) is 13.0 Å². The highest BCUT2D eigenvalue weighted by atomic mass is 19.1. The monoisotopic (exact) mass is 359 g/mol. The maximum atomic E-state index is 13.0. The third-order valence-electron chi connectivity index (χ3n) is 4.58. The molecule has 0 amide bonds. The number of hydrogen-bond acceptors (Lipinski definition) is 4. The number of oxazole rings is 1. The number of nitrogens with two attached hydrogens (primary N) is 1. The highest BCUT2D eigenvalue weighted by Gasteiger charge is 2.19. The number of benzene rings is 1. The second-order valence-electron chi connectivity index (χ2n) is 6.49. The van der Waals surface area contributed by atoms with Gasteiger partial charge < -0.3 is 20.0 Å². The van der Waals surface area contributed by atoms with E-state index in [9.17, 15) is 4.39 Å². The van der Waals surface area contributed by atoms with Gasteiger partial charge in [0.1, 0.15) is 18.1 Å². The van der Waals surface area contributed by atoms with Crippen LogP contribution < -0.4 is 10.6 Å². The summed E-state index contributed by atoms with van der Waals surface area (Å²) in [5.41, 5.74) is 8.07. The molecule has 1 aromatic heterocycles. The first kappa shape index (κ1) is 18.2. The number of halogens is 1. The Morgan fingerprint density at radius 2 is 1.92 bits per heavy atom. The predicted octanol–water partition coefficient (Wildman–Crippen LogP) is 2.71. The van der Waals surface area contributed by atoms with Gasteiger partial charge in [0, 0.05) is 38.3 Å². The standard InChI is InChI=1S/C19H26FN5O/c1-3-4-18-23-14(2)17(26-18)13-22-19(21)25-11-9-24(10-12-25)16-7-5-15(20)6-8-16/h5-8H,3-4,9-13H2,1-2H3,(H2,21,22). The maximum Gasteiger partial charge on any atom is 0.194 e. The minimum Gasteiger partial charge on any atom is -0.443 e. The van der Waals surface area contributed by atoms with Gasteiger partial charge in [-0.3, -0.25) is 0 Å². The van der Waals surface area contributed by atoms with Crippen molar-refractivity contribution in [3.05, 3.63) is 47.4 Å². The summed E-state index contributed by atoms with van der Waals surface area (Å²) >= 11 is 0. The van der Waals surface area contributed by atoms with Gasteiger partial charge in [-0.05, 0) is 37.6 Å². The lowest BCUT2D eigenvalue weighted by molar-refractivity contribution is 0.379. The molecular formula is C19H26FN5O. The van der Waals surface area contributed by atoms with Crippen LogP contribution in [0.2, 0.25) is 0 Å². The van der Waals surface area contributed by atoms with Crippen molar-refractivity contribution in [3.8, 4) is 0 Å². The number of hydrogen-bond donors (Lipinski definition) is 1. The number of piperazine rings is 1. The van der Waals surface area contributed by atoms with Crippen molar-refractivity contribution >= 4 is 11.6 Å². The molecule has 0 saturated carbocycles. The molecule has 2 heterocycles. The number of aromatic nitrogens is 1. The van der Waals surface area contributed by atoms with E-state index in [0.29, 0.717) is 12.5 Å². The second-order valence-corrected chi connectivity index (χ2v) is 6.49. The van der Waals surface area contributed by atoms with Gasteiger partial charge >= 0.3 is 0 Å². The van der Waals surface area contributed by atoms with Gasteiger partial charge in [-0.25, -0.2) is 14.4 Å². The Balaban J connectivity index is 1.55. The van der Waals surface area contributed by atoms with E-state index in [0.717, 1.165) is 62.1 Å². The van der Waals surface area contributed by atoms with Crippen molar-refractivity contribution in [2.24, 2.45) is 10.7 Å². The molecule has 6 nitrogen and oxygen atoms in total. The first-order chi connectivity index (χ1) is 12.6. The number of guanidine groups is 1. The Kier molecular flexibility index (Phi) is 5.75. The first-order valence-corrected chi connectivity index (χ1v) is 9.07. The number of rotatable bonds is 5. The third-order valence-corrected chi connectivity index (χ3v) is 4.58. The Morgan fingerprint density at radius 3 is 2.58 bits per heavy atom. The molecule has 0 unspecified atom stereocenters. The third kappa shape index (κ3) is 4.33. The Morgan fingerprint density at radius 1 is 1.23 bits per heavy atom. The molecule has 2 N–H and O–H groups in total. The summed E-state index contributed by atoms with van der Waals surface area (Å²) in [4.78, 5) is 13.2. The zero-order valence-corrected chi connectivity index (χ0v) is 15.4. The lowest BCUT2D eigenvalue weighted by Gasteiger charge is -2.36. The Bertz CT molecular complexity index is 748. The van der Waals surface area contributed by atoms with Crippen molar-refractivity contribution in [3.63, 3.8) is 0 Å². The molecule has 0 aliphatic carbocycles. The van der Waals surface area contributed by atoms with Gasteiger partial charge in [0.2, 0.25) is 0 Å². The van der Waals surface area contributed by atoms with E-state index in [4.69, 9.17) is 10.2 Å². The van der Waals surface area contributed by atoms with Gasteiger partial charge in [-0.2, -0.15) is 0 Å². The molecule has 0 spiro atoms. The number of aryl methyl sites for hydroxylation is 2. The largest absolute Gasteiger partial charge is 0.443 e. The van der Waals surface area contributed by atoms with E-state index in [-0.39, 0.29) is 5.82 Å². The molecule has 1 aliphatic rings. The molecular weight excluding hydrogens is 333 g/mol. The highest BCUT2D eigenvalue weighted by Crippen LogP contribution is 2.17. The van der Waals surface area contributed by atoms with Crippen molar-refractivity contribution in [2.75, 3.05) is 31.1 Å². The van der Waals surface area contributed by atoms with E-state index in [1.165, 1.54) is 12.1 Å². The molecule has 140 valence electrons. The lowest BCUT2D eigenvalue weighted by atomic mass is 10.2. The van der Waals surface area contributed by atoms with Crippen molar-refractivity contribution in [1.29, 1.82) is 0 Å². The second kappa shape index (κ2) is 8.21. The number of anilines is 1. The first-order valence-electron chi connectivity index (χ1n) is 9.07. The van der Waals surface area contributed by atoms with E-state index in [1.807, 2.05) is 19.1 Å². The molecule has 3 rings (SSSR count). The average molecular weight is 359 g/mol. The molecule has 7 heteroatoms. The number of aliphatic imine (C=N–C) groups is 1. The summed E-state index contributed by atoms with van der Waals surface area (Å²) in [6.07, 6.45) is 1.84. The highest BCUT2D eigenvalue weighted by molar-refractivity contribution is 5.78. The fraction of sp³-hybridized carbons (Fsp3) is 0.474. The van der Waals surface area contributed by atoms with E-state index >= 15 is 0 Å². The predicted molar refractivity (Wildman–Crippen MR) is 101 cm³/mol. The fourth-order valence-corrected chi connectivity index (χ4v) is 3.05. The van der Waals surface area contributed by atoms with E-state index in [1.54, 1.807) is 0 Å². The molecule has 1 fully saturated rings. The molecule has 2 aromatic rings. The Hall–Kier alpha value is -2.57. The zero-order valence-electron chi connectivity index (χ0n) is 15.4. The summed E-state index contributed by atoms with van der Waals surface area (Å²) in [7, 11) is 0. The minimum absolute atomic E-state index is 0.214. The molecule has 26 heavy (non-hydrogen) atoms. The summed E-state index contributed by atoms with van der Waals surface area (Å²) in [5.74, 6) is 1.85. The average Bonchev–Trinajstić information content (AvgIpc) is 3.00. The summed E-state index contributed by atoms with van der Waals surface area (Å²) in [5, 5.41) is 0. The summed E-state index contributed by atoms with van der Waals surface area (Å²) in [6.45, 7) is 7.65. The lowest BCUT2D eigenvalue weighted by Crippen LogP contribution is -2.51. The van der Waals surface area contributed by atoms with Crippen molar-refractivity contribution in [1.82, 2.24) is 9.88 Å². The normalized spacial score (nSPS) is 15.6. The quantitative estimate of drug-likeness (QED) is 0.656. The van der Waals surface area contributed by atoms with Crippen LogP contribution in [0, 0.1) is 12.7 Å². The molecule has 0 atom stereocenters. The topological polar surface area (TPSA) is 70.9 Å². The van der Waals surface area contributed by atoms with Crippen molar-refractivity contribution < 1.29 is 8.81 Å². The van der Waals surface area contributed by atoms with Crippen LogP contribution in [-0.4, -0.2) is 42.0 Å².